The normalized spacial score (nSPS) is 30.3. The van der Waals surface area contributed by atoms with Crippen molar-refractivity contribution in [2.24, 2.45) is 0 Å². The molecular formula is C14H15FN2O. The molecule has 0 aliphatic carbocycles. The van der Waals surface area contributed by atoms with Gasteiger partial charge in [-0.05, 0) is 43.9 Å². The summed E-state index contributed by atoms with van der Waals surface area (Å²) in [4.78, 5) is 2.22. The zero-order chi connectivity index (χ0) is 12.7. The van der Waals surface area contributed by atoms with Crippen molar-refractivity contribution < 1.29 is 9.50 Å². The minimum Gasteiger partial charge on any atom is -0.393 e. The Labute approximate surface area is 105 Å². The van der Waals surface area contributed by atoms with E-state index in [-0.39, 0.29) is 11.7 Å². The van der Waals surface area contributed by atoms with Crippen LogP contribution in [0.4, 0.5) is 10.1 Å². The van der Waals surface area contributed by atoms with Gasteiger partial charge in [0.25, 0.3) is 0 Å². The molecule has 0 spiro atoms. The number of nitriles is 1. The van der Waals surface area contributed by atoms with Gasteiger partial charge in [0.05, 0.1) is 11.7 Å². The maximum atomic E-state index is 13.7. The molecule has 2 saturated heterocycles. The number of aliphatic hydroxyl groups excluding tert-OH is 1. The third-order valence-corrected chi connectivity index (χ3v) is 4.08. The number of hydrogen-bond donors (Lipinski definition) is 1. The van der Waals surface area contributed by atoms with E-state index in [0.29, 0.717) is 12.1 Å². The fraction of sp³-hybridized carbons (Fsp3) is 0.500. The number of hydrogen-bond acceptors (Lipinski definition) is 3. The summed E-state index contributed by atoms with van der Waals surface area (Å²) in [6.45, 7) is 0. The molecule has 2 heterocycles. The Morgan fingerprint density at radius 1 is 1.28 bits per heavy atom. The van der Waals surface area contributed by atoms with Gasteiger partial charge in [-0.3, -0.25) is 0 Å². The zero-order valence-electron chi connectivity index (χ0n) is 10.0. The van der Waals surface area contributed by atoms with Crippen LogP contribution in [0, 0.1) is 17.1 Å². The molecule has 2 atom stereocenters. The molecule has 0 saturated carbocycles. The molecule has 3 rings (SSSR count). The van der Waals surface area contributed by atoms with Crippen molar-refractivity contribution in [3.8, 4) is 6.07 Å². The molecule has 2 aliphatic heterocycles. The average molecular weight is 246 g/mol. The van der Waals surface area contributed by atoms with Crippen LogP contribution in [0.2, 0.25) is 0 Å². The smallest absolute Gasteiger partial charge is 0.143 e. The molecule has 94 valence electrons. The van der Waals surface area contributed by atoms with Crippen molar-refractivity contribution in [2.75, 3.05) is 4.90 Å². The fourth-order valence-corrected chi connectivity index (χ4v) is 3.33. The van der Waals surface area contributed by atoms with Gasteiger partial charge in [-0.1, -0.05) is 0 Å². The second-order valence-corrected chi connectivity index (χ2v) is 5.19. The summed E-state index contributed by atoms with van der Waals surface area (Å²) in [7, 11) is 0. The maximum Gasteiger partial charge on any atom is 0.143 e. The third kappa shape index (κ3) is 1.75. The van der Waals surface area contributed by atoms with Gasteiger partial charge >= 0.3 is 0 Å². The van der Waals surface area contributed by atoms with Crippen LogP contribution in [-0.4, -0.2) is 23.3 Å². The predicted molar refractivity (Wildman–Crippen MR) is 65.6 cm³/mol. The first-order valence-corrected chi connectivity index (χ1v) is 6.35. The summed E-state index contributed by atoms with van der Waals surface area (Å²) in [6.07, 6.45) is 3.42. The van der Waals surface area contributed by atoms with Crippen LogP contribution < -0.4 is 4.90 Å². The molecule has 18 heavy (non-hydrogen) atoms. The van der Waals surface area contributed by atoms with E-state index in [0.717, 1.165) is 31.4 Å². The fourth-order valence-electron chi connectivity index (χ4n) is 3.33. The lowest BCUT2D eigenvalue weighted by molar-refractivity contribution is 0.126. The number of nitrogens with zero attached hydrogens (tertiary/aromatic N) is 2. The van der Waals surface area contributed by atoms with Gasteiger partial charge < -0.3 is 10.0 Å². The number of aliphatic hydroxyl groups is 1. The SMILES string of the molecule is N#Cc1ccc(N2C3CCC2CC(O)C3)cc1F. The lowest BCUT2D eigenvalue weighted by Crippen LogP contribution is -2.44. The molecule has 2 unspecified atom stereocenters. The number of halogens is 1. The Bertz CT molecular complexity index is 497. The molecule has 4 heteroatoms. The molecule has 0 radical (unpaired) electrons. The highest BCUT2D eigenvalue weighted by atomic mass is 19.1. The first-order valence-electron chi connectivity index (χ1n) is 6.35. The van der Waals surface area contributed by atoms with Gasteiger partial charge in [0.15, 0.2) is 0 Å². The molecule has 1 aromatic rings. The Morgan fingerprint density at radius 3 is 2.50 bits per heavy atom. The second-order valence-electron chi connectivity index (χ2n) is 5.19. The van der Waals surface area contributed by atoms with E-state index in [1.165, 1.54) is 12.1 Å². The maximum absolute atomic E-state index is 13.7. The first-order chi connectivity index (χ1) is 8.69. The molecule has 1 N–H and O–H groups in total. The monoisotopic (exact) mass is 246 g/mol. The van der Waals surface area contributed by atoms with Crippen LogP contribution in [0.1, 0.15) is 31.2 Å². The third-order valence-electron chi connectivity index (χ3n) is 4.08. The summed E-state index contributed by atoms with van der Waals surface area (Å²) < 4.78 is 13.7. The zero-order valence-corrected chi connectivity index (χ0v) is 10.0. The molecule has 0 amide bonds. The van der Waals surface area contributed by atoms with Crippen molar-refractivity contribution in [3.05, 3.63) is 29.6 Å². The largest absolute Gasteiger partial charge is 0.393 e. The van der Waals surface area contributed by atoms with Crippen LogP contribution in [0.3, 0.4) is 0 Å². The van der Waals surface area contributed by atoms with Gasteiger partial charge in [-0.2, -0.15) is 5.26 Å². The predicted octanol–water partition coefficient (Wildman–Crippen LogP) is 2.19. The highest BCUT2D eigenvalue weighted by Gasteiger charge is 2.40. The average Bonchev–Trinajstić information content (AvgIpc) is 2.61. The molecule has 0 aromatic heterocycles. The van der Waals surface area contributed by atoms with Gasteiger partial charge in [0.1, 0.15) is 11.9 Å². The van der Waals surface area contributed by atoms with Gasteiger partial charge in [0, 0.05) is 17.8 Å². The molecule has 3 nitrogen and oxygen atoms in total. The van der Waals surface area contributed by atoms with Gasteiger partial charge in [0.2, 0.25) is 0 Å². The summed E-state index contributed by atoms with van der Waals surface area (Å²) in [6, 6.07) is 7.25. The van der Waals surface area contributed by atoms with Crippen LogP contribution in [-0.2, 0) is 0 Å². The highest BCUT2D eigenvalue weighted by molar-refractivity contribution is 5.53. The quantitative estimate of drug-likeness (QED) is 0.826. The van der Waals surface area contributed by atoms with Crippen LogP contribution >= 0.6 is 0 Å². The first kappa shape index (κ1) is 11.5. The van der Waals surface area contributed by atoms with Crippen molar-refractivity contribution in [1.29, 1.82) is 5.26 Å². The molecule has 2 aliphatic rings. The molecule has 2 bridgehead atoms. The van der Waals surface area contributed by atoms with E-state index in [2.05, 4.69) is 4.90 Å². The van der Waals surface area contributed by atoms with E-state index < -0.39 is 5.82 Å². The van der Waals surface area contributed by atoms with E-state index >= 15 is 0 Å². The van der Waals surface area contributed by atoms with E-state index in [9.17, 15) is 9.50 Å². The summed E-state index contributed by atoms with van der Waals surface area (Å²) in [5.41, 5.74) is 0.925. The Morgan fingerprint density at radius 2 is 1.94 bits per heavy atom. The van der Waals surface area contributed by atoms with Gasteiger partial charge in [-0.15, -0.1) is 0 Å². The molecule has 1 aromatic carbocycles. The summed E-state index contributed by atoms with van der Waals surface area (Å²) in [5.74, 6) is -0.458. The van der Waals surface area contributed by atoms with E-state index in [1.807, 2.05) is 12.1 Å². The molecular weight excluding hydrogens is 231 g/mol. The van der Waals surface area contributed by atoms with Crippen molar-refractivity contribution in [1.82, 2.24) is 0 Å². The number of piperidine rings is 1. The number of fused-ring (bicyclic) bond motifs is 2. The Kier molecular flexibility index (Phi) is 2.71. The molecule has 2 fully saturated rings. The minimum absolute atomic E-state index is 0.0862. The standard InChI is InChI=1S/C14H15FN2O/c15-14-7-12(2-1-9(14)8-16)17-10-3-4-11(17)6-13(18)5-10/h1-2,7,10-11,13,18H,3-6H2. The number of rotatable bonds is 1. The summed E-state index contributed by atoms with van der Waals surface area (Å²) in [5, 5.41) is 18.5. The highest BCUT2D eigenvalue weighted by Crippen LogP contribution is 2.39. The number of benzene rings is 1. The second kappa shape index (κ2) is 4.25. The van der Waals surface area contributed by atoms with E-state index in [4.69, 9.17) is 5.26 Å². The lowest BCUT2D eigenvalue weighted by Gasteiger charge is -2.39. The Hall–Kier alpha value is -1.60. The minimum atomic E-state index is -0.458. The van der Waals surface area contributed by atoms with Crippen LogP contribution in [0.5, 0.6) is 0 Å². The van der Waals surface area contributed by atoms with Gasteiger partial charge in [-0.25, -0.2) is 4.39 Å². The van der Waals surface area contributed by atoms with Crippen LogP contribution in [0.25, 0.3) is 0 Å². The Balaban J connectivity index is 1.92. The lowest BCUT2D eigenvalue weighted by atomic mass is 9.99. The number of anilines is 1. The topological polar surface area (TPSA) is 47.3 Å². The summed E-state index contributed by atoms with van der Waals surface area (Å²) >= 11 is 0. The van der Waals surface area contributed by atoms with E-state index in [1.54, 1.807) is 0 Å². The van der Waals surface area contributed by atoms with Crippen LogP contribution in [0.15, 0.2) is 18.2 Å². The van der Waals surface area contributed by atoms with Crippen molar-refractivity contribution >= 4 is 5.69 Å². The van der Waals surface area contributed by atoms with Crippen molar-refractivity contribution in [3.63, 3.8) is 0 Å². The van der Waals surface area contributed by atoms with Crippen molar-refractivity contribution in [2.45, 2.75) is 43.9 Å².